The molecule has 1 saturated heterocycles. The van der Waals surface area contributed by atoms with E-state index in [0.717, 1.165) is 61.4 Å². The molecule has 0 bridgehead atoms. The number of carbonyl (C=O) groups excluding carboxylic acids is 1. The van der Waals surface area contributed by atoms with Crippen molar-refractivity contribution in [1.82, 2.24) is 4.90 Å². The monoisotopic (exact) mass is 445 g/mol. The van der Waals surface area contributed by atoms with Crippen LogP contribution in [-0.4, -0.2) is 50.6 Å². The van der Waals surface area contributed by atoms with Gasteiger partial charge < -0.3 is 15.0 Å². The van der Waals surface area contributed by atoms with Crippen molar-refractivity contribution in [2.24, 2.45) is 0 Å². The van der Waals surface area contributed by atoms with Gasteiger partial charge in [0.05, 0.1) is 6.61 Å². The lowest BCUT2D eigenvalue weighted by Gasteiger charge is -2.36. The number of hydrogen-bond acceptors (Lipinski definition) is 5. The quantitative estimate of drug-likeness (QED) is 0.299. The molecule has 5 nitrogen and oxygen atoms in total. The molecule has 2 heterocycles. The smallest absolute Gasteiger partial charge is 0.211 e. The van der Waals surface area contributed by atoms with Crippen LogP contribution in [0.5, 0.6) is 5.75 Å². The predicted molar refractivity (Wildman–Crippen MR) is 134 cm³/mol. The van der Waals surface area contributed by atoms with Crippen LogP contribution in [0.25, 0.3) is 20.9 Å². The number of fused-ring (bicyclic) bond motifs is 2. The Morgan fingerprint density at radius 2 is 1.84 bits per heavy atom. The molecule has 5 rings (SSSR count). The zero-order valence-electron chi connectivity index (χ0n) is 18.0. The largest absolute Gasteiger partial charge is 0.494 e. The number of hydrogen-bond donors (Lipinski definition) is 1. The van der Waals surface area contributed by atoms with Gasteiger partial charge in [0.2, 0.25) is 6.41 Å². The van der Waals surface area contributed by atoms with E-state index in [2.05, 4.69) is 44.8 Å². The number of amides is 1. The van der Waals surface area contributed by atoms with Crippen LogP contribution >= 0.6 is 11.3 Å². The van der Waals surface area contributed by atoms with Gasteiger partial charge in [-0.3, -0.25) is 9.69 Å². The van der Waals surface area contributed by atoms with Gasteiger partial charge in [0.25, 0.3) is 0 Å². The molecule has 1 aliphatic rings. The highest BCUT2D eigenvalue weighted by Gasteiger charge is 2.18. The predicted octanol–water partition coefficient (Wildman–Crippen LogP) is 5.21. The molecular weight excluding hydrogens is 418 g/mol. The van der Waals surface area contributed by atoms with Crippen molar-refractivity contribution < 1.29 is 9.53 Å². The molecule has 1 aromatic heterocycles. The molecule has 1 fully saturated rings. The topological polar surface area (TPSA) is 44.8 Å². The zero-order chi connectivity index (χ0) is 21.8. The Kier molecular flexibility index (Phi) is 6.23. The molecule has 4 aromatic rings. The fraction of sp³-hybridized carbons (Fsp3) is 0.269. The minimum Gasteiger partial charge on any atom is -0.494 e. The van der Waals surface area contributed by atoms with Crippen LogP contribution in [0.1, 0.15) is 6.42 Å². The highest BCUT2D eigenvalue weighted by molar-refractivity contribution is 7.17. The number of rotatable bonds is 8. The van der Waals surface area contributed by atoms with Crippen LogP contribution in [0.3, 0.4) is 0 Å². The fourth-order valence-electron chi connectivity index (χ4n) is 4.49. The molecule has 3 aromatic carbocycles. The van der Waals surface area contributed by atoms with Gasteiger partial charge >= 0.3 is 0 Å². The number of anilines is 2. The summed E-state index contributed by atoms with van der Waals surface area (Å²) in [4.78, 5) is 15.8. The second-order valence-corrected chi connectivity index (χ2v) is 9.04. The third-order valence-corrected chi connectivity index (χ3v) is 7.02. The van der Waals surface area contributed by atoms with Gasteiger partial charge in [0.15, 0.2) is 0 Å². The Balaban J connectivity index is 1.10. The van der Waals surface area contributed by atoms with E-state index in [0.29, 0.717) is 13.0 Å². The van der Waals surface area contributed by atoms with E-state index in [4.69, 9.17) is 4.74 Å². The summed E-state index contributed by atoms with van der Waals surface area (Å²) >= 11 is 1.81. The van der Waals surface area contributed by atoms with Gasteiger partial charge in [-0.1, -0.05) is 18.2 Å². The summed E-state index contributed by atoms with van der Waals surface area (Å²) < 4.78 is 7.38. The molecule has 1 amide bonds. The van der Waals surface area contributed by atoms with Crippen molar-refractivity contribution in [3.63, 3.8) is 0 Å². The Bertz CT molecular complexity index is 1210. The van der Waals surface area contributed by atoms with E-state index in [1.54, 1.807) is 0 Å². The van der Waals surface area contributed by atoms with E-state index < -0.39 is 0 Å². The summed E-state index contributed by atoms with van der Waals surface area (Å²) in [6.45, 7) is 6.06. The third kappa shape index (κ3) is 4.42. The van der Waals surface area contributed by atoms with E-state index in [-0.39, 0.29) is 0 Å². The number of benzene rings is 3. The SMILES string of the molecule is O=CNc1cccc2cc(OCCCN3CCN(c4cccc5sccc45)CC3)ccc12. The normalized spacial score (nSPS) is 14.7. The molecule has 6 heteroatoms. The van der Waals surface area contributed by atoms with Crippen molar-refractivity contribution in [2.45, 2.75) is 6.42 Å². The molecule has 0 atom stereocenters. The summed E-state index contributed by atoms with van der Waals surface area (Å²) in [7, 11) is 0. The van der Waals surface area contributed by atoms with Crippen molar-refractivity contribution in [3.05, 3.63) is 66.0 Å². The first-order chi connectivity index (χ1) is 15.8. The first-order valence-electron chi connectivity index (χ1n) is 11.1. The molecule has 164 valence electrons. The van der Waals surface area contributed by atoms with E-state index in [9.17, 15) is 4.79 Å². The summed E-state index contributed by atoms with van der Waals surface area (Å²) in [6.07, 6.45) is 1.71. The Morgan fingerprint density at radius 1 is 0.969 bits per heavy atom. The number of nitrogens with zero attached hydrogens (tertiary/aromatic N) is 2. The van der Waals surface area contributed by atoms with Gasteiger partial charge in [0.1, 0.15) is 5.75 Å². The molecular formula is C26H27N3O2S. The molecule has 0 radical (unpaired) electrons. The Morgan fingerprint density at radius 3 is 2.72 bits per heavy atom. The maximum Gasteiger partial charge on any atom is 0.211 e. The van der Waals surface area contributed by atoms with Gasteiger partial charge in [-0.25, -0.2) is 0 Å². The van der Waals surface area contributed by atoms with Crippen LogP contribution in [0.15, 0.2) is 66.0 Å². The lowest BCUT2D eigenvalue weighted by molar-refractivity contribution is -0.105. The molecule has 0 spiro atoms. The van der Waals surface area contributed by atoms with Crippen molar-refractivity contribution in [1.29, 1.82) is 0 Å². The van der Waals surface area contributed by atoms with Gasteiger partial charge in [-0.2, -0.15) is 0 Å². The number of carbonyl (C=O) groups is 1. The maximum absolute atomic E-state index is 10.8. The minimum atomic E-state index is 0.701. The van der Waals surface area contributed by atoms with E-state index in [1.165, 1.54) is 15.8 Å². The maximum atomic E-state index is 10.8. The molecule has 0 saturated carbocycles. The van der Waals surface area contributed by atoms with Gasteiger partial charge in [-0.05, 0) is 59.7 Å². The number of thiophene rings is 1. The number of ether oxygens (including phenoxy) is 1. The molecule has 1 N–H and O–H groups in total. The lowest BCUT2D eigenvalue weighted by Crippen LogP contribution is -2.46. The second-order valence-electron chi connectivity index (χ2n) is 8.09. The van der Waals surface area contributed by atoms with Crippen LogP contribution in [0.2, 0.25) is 0 Å². The van der Waals surface area contributed by atoms with Gasteiger partial charge in [-0.15, -0.1) is 11.3 Å². The summed E-state index contributed by atoms with van der Waals surface area (Å²) in [5.74, 6) is 0.870. The van der Waals surface area contributed by atoms with Gasteiger partial charge in [0, 0.05) is 59.6 Å². The standard InChI is InChI=1S/C26H27N3O2S/c30-19-27-24-5-1-4-20-18-21(8-9-22(20)24)31-16-3-11-28-12-14-29(15-13-28)25-6-2-7-26-23(25)10-17-32-26/h1-2,4-10,17-19H,3,11-16H2,(H,27,30). The number of piperazine rings is 1. The summed E-state index contributed by atoms with van der Waals surface area (Å²) in [6, 6.07) is 20.8. The first-order valence-corrected chi connectivity index (χ1v) is 12.0. The Hall–Kier alpha value is -3.09. The van der Waals surface area contributed by atoms with E-state index in [1.807, 2.05) is 47.7 Å². The Labute approximate surface area is 192 Å². The average Bonchev–Trinajstić information content (AvgIpc) is 3.32. The minimum absolute atomic E-state index is 0.701. The molecule has 32 heavy (non-hydrogen) atoms. The average molecular weight is 446 g/mol. The zero-order valence-corrected chi connectivity index (χ0v) is 18.8. The molecule has 1 aliphatic heterocycles. The summed E-state index contributed by atoms with van der Waals surface area (Å²) in [5.41, 5.74) is 2.19. The van der Waals surface area contributed by atoms with Crippen LogP contribution in [0.4, 0.5) is 11.4 Å². The van der Waals surface area contributed by atoms with Crippen LogP contribution < -0.4 is 15.0 Å². The highest BCUT2D eigenvalue weighted by atomic mass is 32.1. The van der Waals surface area contributed by atoms with Crippen molar-refractivity contribution >= 4 is 50.0 Å². The van der Waals surface area contributed by atoms with Crippen molar-refractivity contribution in [3.8, 4) is 5.75 Å². The van der Waals surface area contributed by atoms with Crippen LogP contribution in [-0.2, 0) is 4.79 Å². The lowest BCUT2D eigenvalue weighted by atomic mass is 10.1. The van der Waals surface area contributed by atoms with Crippen LogP contribution in [0, 0.1) is 0 Å². The third-order valence-electron chi connectivity index (χ3n) is 6.14. The second kappa shape index (κ2) is 9.59. The summed E-state index contributed by atoms with van der Waals surface area (Å²) in [5, 5.41) is 8.39. The molecule has 0 unspecified atom stereocenters. The fourth-order valence-corrected chi connectivity index (χ4v) is 5.29. The van der Waals surface area contributed by atoms with Crippen molar-refractivity contribution in [2.75, 3.05) is 49.5 Å². The highest BCUT2D eigenvalue weighted by Crippen LogP contribution is 2.31. The van der Waals surface area contributed by atoms with E-state index >= 15 is 0 Å². The first kappa shape index (κ1) is 20.8. The number of nitrogens with one attached hydrogen (secondary N) is 1. The molecule has 0 aliphatic carbocycles.